The van der Waals surface area contributed by atoms with E-state index >= 15 is 0 Å². The molecule has 0 spiro atoms. The summed E-state index contributed by atoms with van der Waals surface area (Å²) < 4.78 is 185. The summed E-state index contributed by atoms with van der Waals surface area (Å²) in [5, 5.41) is 0. The molecular weight excluding hydrogens is 796 g/mol. The molecule has 0 N–H and O–H groups in total. The monoisotopic (exact) mass is 814 g/mol. The molecule has 0 fully saturated rings. The van der Waals surface area contributed by atoms with E-state index in [-0.39, 0.29) is 34.1 Å². The quantitative estimate of drug-likeness (QED) is 0.130. The van der Waals surface area contributed by atoms with Crippen LogP contribution in [0.4, 0.5) is 64.1 Å². The number of rotatable bonds is 8. The molecule has 0 atom stereocenters. The van der Waals surface area contributed by atoms with Crippen molar-refractivity contribution in [1.82, 2.24) is 0 Å². The Bertz CT molecular complexity index is 2140. The van der Waals surface area contributed by atoms with Gasteiger partial charge in [0.05, 0.1) is 11.4 Å². The molecule has 296 valence electrons. The fraction of sp³-hybridized carbons (Fsp3) is 0.135. The number of halogens is 12. The Morgan fingerprint density at radius 1 is 0.404 bits per heavy atom. The zero-order valence-corrected chi connectivity index (χ0v) is 27.8. The first kappa shape index (κ1) is 40.1. The summed E-state index contributed by atoms with van der Waals surface area (Å²) in [6, 6.07) is 8.07. The Kier molecular flexibility index (Phi) is 9.74. The summed E-state index contributed by atoms with van der Waals surface area (Å²) in [7, 11) is 0. The second-order valence-electron chi connectivity index (χ2n) is 12.0. The Labute approximate surface area is 310 Å². The third-order valence-electron chi connectivity index (χ3n) is 8.56. The molecule has 0 saturated carbocycles. The average Bonchev–Trinajstić information content (AvgIpc) is 3.62. The molecule has 2 aliphatic rings. The normalized spacial score (nSPS) is 15.3. The first-order valence-corrected chi connectivity index (χ1v) is 15.7. The van der Waals surface area contributed by atoms with Crippen LogP contribution in [0.15, 0.2) is 109 Å². The van der Waals surface area contributed by atoms with E-state index in [2.05, 4.69) is 0 Å². The van der Waals surface area contributed by atoms with Crippen LogP contribution >= 0.6 is 0 Å². The van der Waals surface area contributed by atoms with Crippen molar-refractivity contribution >= 4 is 35.0 Å². The van der Waals surface area contributed by atoms with E-state index in [1.165, 1.54) is 0 Å². The maximum Gasteiger partial charge on any atom is 0.422 e. The average molecular weight is 815 g/mol. The summed E-state index contributed by atoms with van der Waals surface area (Å²) in [5.74, 6) is -8.05. The number of hydrogen-bond donors (Lipinski definition) is 0. The molecule has 0 bridgehead atoms. The van der Waals surface area contributed by atoms with Gasteiger partial charge < -0.3 is 9.47 Å². The van der Waals surface area contributed by atoms with Crippen molar-refractivity contribution in [3.63, 3.8) is 0 Å². The van der Waals surface area contributed by atoms with Crippen molar-refractivity contribution in [2.75, 3.05) is 9.80 Å². The van der Waals surface area contributed by atoms with E-state index in [1.54, 1.807) is 0 Å². The van der Waals surface area contributed by atoms with E-state index < -0.39 is 110 Å². The topological polar surface area (TPSA) is 93.2 Å². The largest absolute Gasteiger partial charge is 0.457 e. The lowest BCUT2D eigenvalue weighted by Crippen LogP contribution is -2.54. The second kappa shape index (κ2) is 13.9. The highest BCUT2D eigenvalue weighted by molar-refractivity contribution is 6.29. The van der Waals surface area contributed by atoms with Gasteiger partial charge in [-0.15, -0.1) is 0 Å². The van der Waals surface area contributed by atoms with Crippen molar-refractivity contribution in [2.45, 2.75) is 30.1 Å². The molecular formula is C37H18F12N2O6. The molecule has 2 aliphatic heterocycles. The Balaban J connectivity index is 1.37. The summed E-state index contributed by atoms with van der Waals surface area (Å²) in [5.41, 5.74) is -13.1. The van der Waals surface area contributed by atoms with E-state index in [1.807, 2.05) is 0 Å². The van der Waals surface area contributed by atoms with Crippen LogP contribution in [0, 0.1) is 0 Å². The third-order valence-corrected chi connectivity index (χ3v) is 8.56. The zero-order valence-electron chi connectivity index (χ0n) is 27.8. The van der Waals surface area contributed by atoms with E-state index in [0.717, 1.165) is 36.4 Å². The molecule has 4 aromatic carbocycles. The number of carbonyl (C=O) groups excluding carboxylic acids is 4. The van der Waals surface area contributed by atoms with Crippen LogP contribution in [-0.4, -0.2) is 36.0 Å². The lowest BCUT2D eigenvalue weighted by atomic mass is 9.73. The highest BCUT2D eigenvalue weighted by Gasteiger charge is 2.72. The Morgan fingerprint density at radius 2 is 0.702 bits per heavy atom. The summed E-state index contributed by atoms with van der Waals surface area (Å²) in [4.78, 5) is 48.9. The molecule has 2 heterocycles. The first-order valence-electron chi connectivity index (χ1n) is 15.7. The minimum absolute atomic E-state index is 0.180. The van der Waals surface area contributed by atoms with Gasteiger partial charge in [0.25, 0.3) is 23.6 Å². The van der Waals surface area contributed by atoms with Gasteiger partial charge in [0.2, 0.25) is 5.41 Å². The number of alkyl halides is 12. The van der Waals surface area contributed by atoms with Gasteiger partial charge in [-0.2, -0.15) is 52.7 Å². The van der Waals surface area contributed by atoms with E-state index in [4.69, 9.17) is 9.47 Å². The van der Waals surface area contributed by atoms with Gasteiger partial charge in [-0.25, -0.2) is 9.80 Å². The van der Waals surface area contributed by atoms with Crippen molar-refractivity contribution < 1.29 is 81.3 Å². The molecule has 4 amide bonds. The summed E-state index contributed by atoms with van der Waals surface area (Å²) in [6.07, 6.45) is -20.2. The van der Waals surface area contributed by atoms with Crippen molar-refractivity contribution in [3.05, 3.63) is 131 Å². The highest BCUT2D eigenvalue weighted by Crippen LogP contribution is 2.57. The van der Waals surface area contributed by atoms with Crippen molar-refractivity contribution in [2.24, 2.45) is 0 Å². The Morgan fingerprint density at radius 3 is 0.965 bits per heavy atom. The minimum Gasteiger partial charge on any atom is -0.457 e. The van der Waals surface area contributed by atoms with Crippen LogP contribution < -0.4 is 19.3 Å². The summed E-state index contributed by atoms with van der Waals surface area (Å²) in [6.45, 7) is 0. The fourth-order valence-electron chi connectivity index (χ4n) is 6.21. The second-order valence-corrected chi connectivity index (χ2v) is 12.0. The van der Waals surface area contributed by atoms with E-state index in [9.17, 15) is 71.9 Å². The molecule has 57 heavy (non-hydrogen) atoms. The lowest BCUT2D eigenvalue weighted by molar-refractivity contribution is -0.288. The maximum atomic E-state index is 14.9. The van der Waals surface area contributed by atoms with Gasteiger partial charge in [0.1, 0.15) is 34.1 Å². The number of benzene rings is 4. The number of ether oxygens (including phenoxy) is 2. The van der Waals surface area contributed by atoms with Crippen molar-refractivity contribution in [1.29, 1.82) is 0 Å². The van der Waals surface area contributed by atoms with Gasteiger partial charge in [-0.1, -0.05) is 36.4 Å². The lowest BCUT2D eigenvalue weighted by Gasteiger charge is -2.38. The standard InChI is InChI=1S/C37H18F12N2O6/c38-34(39,40)31-23(50-27(52)15-16-28(50)53)3-1-5-25(31)56-21-11-7-19(8-12-21)33(36(44,45)46,37(47,48)49)20-9-13-22(14-10-20)57-26-6-2-4-24(32(26)35(41,42)43)51-29(54)17-18-30(51)55/h1-18H. The molecule has 0 aromatic heterocycles. The van der Waals surface area contributed by atoms with Gasteiger partial charge in [-0.3, -0.25) is 19.2 Å². The van der Waals surface area contributed by atoms with Crippen LogP contribution in [0.5, 0.6) is 23.0 Å². The number of anilines is 2. The smallest absolute Gasteiger partial charge is 0.422 e. The fourth-order valence-corrected chi connectivity index (χ4v) is 6.21. The SMILES string of the molecule is O=C1C=CC(=O)N1c1cccc(Oc2ccc(C(c3ccc(Oc4cccc(N5C(=O)C=CC5=O)c4C(F)(F)F)cc3)(C(F)(F)F)C(F)(F)F)cc2)c1C(F)(F)F. The molecule has 20 heteroatoms. The van der Waals surface area contributed by atoms with E-state index in [0.29, 0.717) is 48.6 Å². The van der Waals surface area contributed by atoms with Crippen LogP contribution in [0.25, 0.3) is 0 Å². The molecule has 0 unspecified atom stereocenters. The predicted molar refractivity (Wildman–Crippen MR) is 172 cm³/mol. The molecule has 4 aromatic rings. The number of imide groups is 2. The number of carbonyl (C=O) groups is 4. The molecule has 0 aliphatic carbocycles. The van der Waals surface area contributed by atoms with Crippen LogP contribution in [0.2, 0.25) is 0 Å². The maximum absolute atomic E-state index is 14.9. The van der Waals surface area contributed by atoms with Crippen LogP contribution in [0.1, 0.15) is 22.3 Å². The highest BCUT2D eigenvalue weighted by atomic mass is 19.4. The molecule has 0 saturated heterocycles. The van der Waals surface area contributed by atoms with Gasteiger partial charge in [0, 0.05) is 24.3 Å². The Hall–Kier alpha value is -6.60. The van der Waals surface area contributed by atoms with Crippen LogP contribution in [-0.2, 0) is 36.9 Å². The number of amides is 4. The molecule has 0 radical (unpaired) electrons. The zero-order chi connectivity index (χ0) is 41.9. The number of nitrogens with zero attached hydrogens (tertiary/aromatic N) is 2. The number of hydrogen-bond acceptors (Lipinski definition) is 6. The predicted octanol–water partition coefficient (Wildman–Crippen LogP) is 9.58. The van der Waals surface area contributed by atoms with Crippen molar-refractivity contribution in [3.8, 4) is 23.0 Å². The van der Waals surface area contributed by atoms with Gasteiger partial charge in [-0.05, 0) is 59.7 Å². The first-order chi connectivity index (χ1) is 26.5. The molecule has 8 nitrogen and oxygen atoms in total. The van der Waals surface area contributed by atoms with Gasteiger partial charge >= 0.3 is 24.7 Å². The molecule has 6 rings (SSSR count). The third kappa shape index (κ3) is 7.06. The van der Waals surface area contributed by atoms with Crippen LogP contribution in [0.3, 0.4) is 0 Å². The minimum atomic E-state index is -6.18. The summed E-state index contributed by atoms with van der Waals surface area (Å²) >= 11 is 0. The van der Waals surface area contributed by atoms with Gasteiger partial charge in [0.15, 0.2) is 0 Å².